The zero-order valence-corrected chi connectivity index (χ0v) is 22.1. The number of rotatable bonds is 8. The number of piperidine rings is 1. The van der Waals surface area contributed by atoms with Crippen LogP contribution in [-0.4, -0.2) is 52.9 Å². The van der Waals surface area contributed by atoms with Crippen molar-refractivity contribution in [3.05, 3.63) is 88.6 Å². The molecule has 0 spiro atoms. The summed E-state index contributed by atoms with van der Waals surface area (Å²) in [7, 11) is 0. The lowest BCUT2D eigenvalue weighted by Gasteiger charge is -2.38. The third-order valence-electron chi connectivity index (χ3n) is 7.00. The van der Waals surface area contributed by atoms with Gasteiger partial charge in [-0.15, -0.1) is 0 Å². The smallest absolute Gasteiger partial charge is 0.253 e. The molecule has 4 rings (SSSR count). The van der Waals surface area contributed by atoms with Crippen LogP contribution in [0.1, 0.15) is 35.7 Å². The van der Waals surface area contributed by atoms with E-state index in [0.717, 1.165) is 18.7 Å². The highest BCUT2D eigenvalue weighted by Gasteiger charge is 2.38. The van der Waals surface area contributed by atoms with Crippen molar-refractivity contribution in [3.63, 3.8) is 0 Å². The molecule has 2 aromatic carbocycles. The molecule has 1 aromatic heterocycles. The van der Waals surface area contributed by atoms with E-state index in [1.165, 1.54) is 18.3 Å². The number of pyridine rings is 1. The topological polar surface area (TPSA) is 98.1 Å². The number of amides is 2. The van der Waals surface area contributed by atoms with Gasteiger partial charge in [0.1, 0.15) is 23.2 Å². The van der Waals surface area contributed by atoms with E-state index < -0.39 is 41.5 Å². The highest BCUT2D eigenvalue weighted by molar-refractivity contribution is 6.33. The van der Waals surface area contributed by atoms with Crippen molar-refractivity contribution in [1.29, 1.82) is 5.26 Å². The number of hydrogen-bond acceptors (Lipinski definition) is 5. The Balaban J connectivity index is 1.56. The van der Waals surface area contributed by atoms with Crippen LogP contribution in [0.25, 0.3) is 11.3 Å². The number of hydrogen-bond donors (Lipinski definition) is 2. The molecule has 2 amide bonds. The van der Waals surface area contributed by atoms with Crippen molar-refractivity contribution in [2.75, 3.05) is 19.6 Å². The van der Waals surface area contributed by atoms with Crippen LogP contribution in [-0.2, 0) is 11.2 Å². The summed E-state index contributed by atoms with van der Waals surface area (Å²) in [4.78, 5) is 33.0. The van der Waals surface area contributed by atoms with Crippen LogP contribution in [0.15, 0.2) is 60.8 Å². The molecule has 0 bridgehead atoms. The fraction of sp³-hybridized carbons (Fsp3) is 0.310. The van der Waals surface area contributed by atoms with E-state index in [2.05, 4.69) is 26.6 Å². The molecule has 0 aliphatic carbocycles. The second-order valence-corrected chi connectivity index (χ2v) is 9.87. The third kappa shape index (κ3) is 6.59. The maximum Gasteiger partial charge on any atom is 0.253 e. The van der Waals surface area contributed by atoms with Crippen molar-refractivity contribution in [1.82, 2.24) is 20.5 Å². The lowest BCUT2D eigenvalue weighted by Crippen LogP contribution is -2.59. The second-order valence-electron chi connectivity index (χ2n) is 9.46. The summed E-state index contributed by atoms with van der Waals surface area (Å²) >= 11 is 6.24. The van der Waals surface area contributed by atoms with Crippen LogP contribution >= 0.6 is 11.6 Å². The predicted octanol–water partition coefficient (Wildman–Crippen LogP) is 4.52. The van der Waals surface area contributed by atoms with Crippen molar-refractivity contribution in [3.8, 4) is 17.3 Å². The second kappa shape index (κ2) is 12.3. The van der Waals surface area contributed by atoms with Gasteiger partial charge in [-0.25, -0.2) is 8.78 Å². The van der Waals surface area contributed by atoms with Gasteiger partial charge >= 0.3 is 0 Å². The third-order valence-corrected chi connectivity index (χ3v) is 7.33. The first-order chi connectivity index (χ1) is 18.7. The highest BCUT2D eigenvalue weighted by Crippen LogP contribution is 2.26. The highest BCUT2D eigenvalue weighted by atomic mass is 35.5. The van der Waals surface area contributed by atoms with Crippen molar-refractivity contribution >= 4 is 23.4 Å². The molecule has 1 saturated heterocycles. The summed E-state index contributed by atoms with van der Waals surface area (Å²) in [5.41, 5.74) is -0.0955. The fourth-order valence-corrected chi connectivity index (χ4v) is 4.81. The fourth-order valence-electron chi connectivity index (χ4n) is 4.58. The van der Waals surface area contributed by atoms with E-state index in [1.54, 1.807) is 24.3 Å². The molecule has 0 unspecified atom stereocenters. The summed E-state index contributed by atoms with van der Waals surface area (Å²) in [6.45, 7) is 4.08. The number of carbonyl (C=O) groups excluding carboxylic acids is 2. The molecular weight excluding hydrogens is 524 g/mol. The van der Waals surface area contributed by atoms with Crippen LogP contribution in [0.3, 0.4) is 0 Å². The van der Waals surface area contributed by atoms with Crippen molar-refractivity contribution in [2.45, 2.75) is 37.8 Å². The number of benzene rings is 2. The molecule has 10 heteroatoms. The number of nitrogens with one attached hydrogen (secondary N) is 2. The summed E-state index contributed by atoms with van der Waals surface area (Å²) in [6, 6.07) is 14.5. The van der Waals surface area contributed by atoms with Gasteiger partial charge in [0.05, 0.1) is 17.3 Å². The predicted molar refractivity (Wildman–Crippen MR) is 144 cm³/mol. The molecule has 0 radical (unpaired) electrons. The van der Waals surface area contributed by atoms with E-state index in [1.807, 2.05) is 13.0 Å². The maximum absolute atomic E-state index is 14.5. The minimum atomic E-state index is -1.35. The van der Waals surface area contributed by atoms with E-state index in [0.29, 0.717) is 42.2 Å². The Bertz CT molecular complexity index is 1360. The summed E-state index contributed by atoms with van der Waals surface area (Å²) < 4.78 is 29.0. The Morgan fingerprint density at radius 1 is 1.10 bits per heavy atom. The van der Waals surface area contributed by atoms with Gasteiger partial charge in [-0.3, -0.25) is 14.6 Å². The Hall–Kier alpha value is -3.87. The zero-order valence-electron chi connectivity index (χ0n) is 21.4. The lowest BCUT2D eigenvalue weighted by atomic mass is 9.88. The van der Waals surface area contributed by atoms with Crippen LogP contribution in [0.2, 0.25) is 5.02 Å². The van der Waals surface area contributed by atoms with E-state index in [4.69, 9.17) is 11.6 Å². The Morgan fingerprint density at radius 2 is 1.79 bits per heavy atom. The van der Waals surface area contributed by atoms with E-state index >= 15 is 0 Å². The van der Waals surface area contributed by atoms with Crippen LogP contribution < -0.4 is 10.6 Å². The van der Waals surface area contributed by atoms with Crippen LogP contribution in [0.4, 0.5) is 8.78 Å². The van der Waals surface area contributed by atoms with Gasteiger partial charge in [0.2, 0.25) is 5.91 Å². The number of nitrogens with zero attached hydrogens (tertiary/aromatic N) is 3. The number of aromatic nitrogens is 1. The molecule has 1 aliphatic rings. The van der Waals surface area contributed by atoms with Gasteiger partial charge in [0, 0.05) is 41.9 Å². The average molecular weight is 552 g/mol. The Kier molecular flexibility index (Phi) is 8.90. The SMILES string of the molecule is CCN1CCC(C#N)(NC(=O)[C@H](Cc2c(F)cccc2F)NC(=O)c2ccc(-c3ccccc3Cl)nc2)CC1. The van der Waals surface area contributed by atoms with E-state index in [9.17, 15) is 23.6 Å². The molecule has 1 atom stereocenters. The zero-order chi connectivity index (χ0) is 28.0. The first-order valence-electron chi connectivity index (χ1n) is 12.7. The molecule has 2 heterocycles. The van der Waals surface area contributed by atoms with Gasteiger partial charge in [-0.05, 0) is 49.7 Å². The quantitative estimate of drug-likeness (QED) is 0.429. The summed E-state index contributed by atoms with van der Waals surface area (Å²) in [5.74, 6) is -3.02. The molecule has 202 valence electrons. The maximum atomic E-state index is 14.5. The molecule has 0 saturated carbocycles. The minimum Gasteiger partial charge on any atom is -0.340 e. The monoisotopic (exact) mass is 551 g/mol. The average Bonchev–Trinajstić information content (AvgIpc) is 2.95. The van der Waals surface area contributed by atoms with Gasteiger partial charge in [0.15, 0.2) is 0 Å². The largest absolute Gasteiger partial charge is 0.340 e. The standard InChI is InChI=1S/C29H28ClF2N5O2/c1-2-37-14-12-29(18-33,13-15-37)36-28(39)26(16-21-23(31)8-5-9-24(21)32)35-27(38)19-10-11-25(34-17-19)20-6-3-4-7-22(20)30/h3-11,17,26H,2,12-16H2,1H3,(H,35,38)(H,36,39)/t26-/m0/s1. The minimum absolute atomic E-state index is 0.142. The summed E-state index contributed by atoms with van der Waals surface area (Å²) in [6.07, 6.45) is 1.68. The van der Waals surface area contributed by atoms with Gasteiger partial charge in [-0.2, -0.15) is 5.26 Å². The van der Waals surface area contributed by atoms with Crippen molar-refractivity contribution < 1.29 is 18.4 Å². The number of carbonyl (C=O) groups is 2. The molecule has 39 heavy (non-hydrogen) atoms. The number of nitriles is 1. The Morgan fingerprint density at radius 3 is 2.38 bits per heavy atom. The molecular formula is C29H28ClF2N5O2. The van der Waals surface area contributed by atoms with Gasteiger partial charge in [-0.1, -0.05) is 42.8 Å². The van der Waals surface area contributed by atoms with Gasteiger partial charge in [0.25, 0.3) is 5.91 Å². The summed E-state index contributed by atoms with van der Waals surface area (Å²) in [5, 5.41) is 15.8. The first kappa shape index (κ1) is 28.1. The molecule has 1 aliphatic heterocycles. The lowest BCUT2D eigenvalue weighted by molar-refractivity contribution is -0.124. The molecule has 7 nitrogen and oxygen atoms in total. The van der Waals surface area contributed by atoms with E-state index in [-0.39, 0.29) is 11.1 Å². The normalized spacial score (nSPS) is 15.7. The molecule has 1 fully saturated rings. The molecule has 2 N–H and O–H groups in total. The van der Waals surface area contributed by atoms with Gasteiger partial charge < -0.3 is 15.5 Å². The number of likely N-dealkylation sites (tertiary alicyclic amines) is 1. The van der Waals surface area contributed by atoms with Crippen LogP contribution in [0, 0.1) is 23.0 Å². The number of halogens is 3. The van der Waals surface area contributed by atoms with Crippen molar-refractivity contribution in [2.24, 2.45) is 0 Å². The van der Waals surface area contributed by atoms with Crippen LogP contribution in [0.5, 0.6) is 0 Å². The first-order valence-corrected chi connectivity index (χ1v) is 13.0. The Labute approximate surface area is 230 Å². The molecule has 3 aromatic rings.